The van der Waals surface area contributed by atoms with Gasteiger partial charge in [-0.2, -0.15) is 5.10 Å². The molecule has 1 aromatic rings. The van der Waals surface area contributed by atoms with Gasteiger partial charge in [-0.3, -0.25) is 9.48 Å². The molecule has 0 saturated heterocycles. The van der Waals surface area contributed by atoms with E-state index in [0.717, 1.165) is 24.4 Å². The van der Waals surface area contributed by atoms with Gasteiger partial charge in [-0.05, 0) is 20.3 Å². The molecule has 0 aliphatic carbocycles. The van der Waals surface area contributed by atoms with Crippen molar-refractivity contribution < 1.29 is 4.79 Å². The number of hydrogen-bond donors (Lipinski definition) is 1. The minimum atomic E-state index is -0.101. The molecule has 1 N–H and O–H groups in total. The highest BCUT2D eigenvalue weighted by atomic mass is 35.5. The average Bonchev–Trinajstić information content (AvgIpc) is 2.54. The predicted octanol–water partition coefficient (Wildman–Crippen LogP) is 2.32. The first kappa shape index (κ1) is 14.0. The standard InChI is InChI=1S/C12H20ClN3O/c1-5-6-14-12(17)8(2)7-16-10(4)11(13)9(3)15-16/h8H,5-7H2,1-4H3,(H,14,17). The normalized spacial score (nSPS) is 12.5. The molecule has 0 aliphatic heterocycles. The minimum Gasteiger partial charge on any atom is -0.356 e. The van der Waals surface area contributed by atoms with Crippen LogP contribution < -0.4 is 5.32 Å². The van der Waals surface area contributed by atoms with Crippen LogP contribution in [0.25, 0.3) is 0 Å². The van der Waals surface area contributed by atoms with Gasteiger partial charge in [0.05, 0.1) is 28.9 Å². The van der Waals surface area contributed by atoms with Crippen LogP contribution in [0.4, 0.5) is 0 Å². The number of rotatable bonds is 5. The van der Waals surface area contributed by atoms with E-state index in [1.54, 1.807) is 4.68 Å². The quantitative estimate of drug-likeness (QED) is 0.880. The highest BCUT2D eigenvalue weighted by Gasteiger charge is 2.16. The number of carbonyl (C=O) groups is 1. The Morgan fingerprint density at radius 2 is 2.18 bits per heavy atom. The van der Waals surface area contributed by atoms with E-state index in [0.29, 0.717) is 11.6 Å². The van der Waals surface area contributed by atoms with Crippen molar-refractivity contribution in [2.24, 2.45) is 5.92 Å². The van der Waals surface area contributed by atoms with Crippen molar-refractivity contribution in [3.05, 3.63) is 16.4 Å². The molecule has 0 spiro atoms. The molecule has 0 bridgehead atoms. The summed E-state index contributed by atoms with van der Waals surface area (Å²) in [5.74, 6) is -0.0360. The molecule has 1 aromatic heterocycles. The van der Waals surface area contributed by atoms with Crippen LogP contribution in [0, 0.1) is 19.8 Å². The molecule has 0 fully saturated rings. The predicted molar refractivity (Wildman–Crippen MR) is 69.2 cm³/mol. The maximum Gasteiger partial charge on any atom is 0.224 e. The van der Waals surface area contributed by atoms with Crippen molar-refractivity contribution >= 4 is 17.5 Å². The second kappa shape index (κ2) is 6.05. The molecule has 1 unspecified atom stereocenters. The van der Waals surface area contributed by atoms with Gasteiger partial charge in [0.2, 0.25) is 5.91 Å². The summed E-state index contributed by atoms with van der Waals surface area (Å²) < 4.78 is 1.80. The van der Waals surface area contributed by atoms with Crippen LogP contribution in [0.1, 0.15) is 31.7 Å². The lowest BCUT2D eigenvalue weighted by Crippen LogP contribution is -2.32. The van der Waals surface area contributed by atoms with E-state index in [4.69, 9.17) is 11.6 Å². The first-order valence-electron chi connectivity index (χ1n) is 5.94. The van der Waals surface area contributed by atoms with Crippen molar-refractivity contribution in [3.8, 4) is 0 Å². The van der Waals surface area contributed by atoms with Crippen molar-refractivity contribution in [1.29, 1.82) is 0 Å². The number of amides is 1. The Bertz CT molecular complexity index is 401. The van der Waals surface area contributed by atoms with Gasteiger partial charge >= 0.3 is 0 Å². The highest BCUT2D eigenvalue weighted by Crippen LogP contribution is 2.19. The fourth-order valence-corrected chi connectivity index (χ4v) is 1.75. The van der Waals surface area contributed by atoms with Gasteiger partial charge in [0.1, 0.15) is 0 Å². The van der Waals surface area contributed by atoms with E-state index in [1.165, 1.54) is 0 Å². The van der Waals surface area contributed by atoms with E-state index in [1.807, 2.05) is 27.7 Å². The molecular weight excluding hydrogens is 238 g/mol. The molecule has 1 rings (SSSR count). The summed E-state index contributed by atoms with van der Waals surface area (Å²) in [7, 11) is 0. The van der Waals surface area contributed by atoms with E-state index in [2.05, 4.69) is 10.4 Å². The summed E-state index contributed by atoms with van der Waals surface area (Å²) in [6.45, 7) is 9.00. The largest absolute Gasteiger partial charge is 0.356 e. The monoisotopic (exact) mass is 257 g/mol. The van der Waals surface area contributed by atoms with Crippen LogP contribution in [-0.2, 0) is 11.3 Å². The summed E-state index contributed by atoms with van der Waals surface area (Å²) in [5, 5.41) is 7.88. The van der Waals surface area contributed by atoms with Crippen LogP contribution in [-0.4, -0.2) is 22.2 Å². The van der Waals surface area contributed by atoms with E-state index >= 15 is 0 Å². The molecule has 5 heteroatoms. The molecule has 0 aromatic carbocycles. The number of aromatic nitrogens is 2. The topological polar surface area (TPSA) is 46.9 Å². The number of nitrogens with one attached hydrogen (secondary N) is 1. The first-order valence-corrected chi connectivity index (χ1v) is 6.32. The Morgan fingerprint density at radius 1 is 1.53 bits per heavy atom. The van der Waals surface area contributed by atoms with Crippen molar-refractivity contribution in [2.45, 2.75) is 40.7 Å². The maximum atomic E-state index is 11.7. The van der Waals surface area contributed by atoms with E-state index in [9.17, 15) is 4.79 Å². The summed E-state index contributed by atoms with van der Waals surface area (Å²) in [4.78, 5) is 11.7. The molecule has 1 atom stereocenters. The number of nitrogens with zero attached hydrogens (tertiary/aromatic N) is 2. The third-order valence-corrected chi connectivity index (χ3v) is 3.28. The van der Waals surface area contributed by atoms with Crippen molar-refractivity contribution in [3.63, 3.8) is 0 Å². The van der Waals surface area contributed by atoms with Crippen LogP contribution >= 0.6 is 11.6 Å². The van der Waals surface area contributed by atoms with Gasteiger partial charge in [0, 0.05) is 6.54 Å². The molecule has 96 valence electrons. The van der Waals surface area contributed by atoms with Gasteiger partial charge in [0.15, 0.2) is 0 Å². The summed E-state index contributed by atoms with van der Waals surface area (Å²) in [5.41, 5.74) is 1.73. The van der Waals surface area contributed by atoms with Crippen molar-refractivity contribution in [2.75, 3.05) is 6.54 Å². The van der Waals surface area contributed by atoms with Crippen LogP contribution in [0.3, 0.4) is 0 Å². The zero-order chi connectivity index (χ0) is 13.0. The molecule has 0 radical (unpaired) electrons. The lowest BCUT2D eigenvalue weighted by molar-refractivity contribution is -0.124. The molecule has 1 heterocycles. The summed E-state index contributed by atoms with van der Waals surface area (Å²) in [6.07, 6.45) is 0.949. The van der Waals surface area contributed by atoms with Crippen LogP contribution in [0.5, 0.6) is 0 Å². The molecule has 0 saturated carbocycles. The second-order valence-corrected chi connectivity index (χ2v) is 4.74. The van der Waals surface area contributed by atoms with Crippen LogP contribution in [0.2, 0.25) is 5.02 Å². The van der Waals surface area contributed by atoms with Crippen LogP contribution in [0.15, 0.2) is 0 Å². The highest BCUT2D eigenvalue weighted by molar-refractivity contribution is 6.31. The Kier molecular flexibility index (Phi) is 5.00. The minimum absolute atomic E-state index is 0.0653. The average molecular weight is 258 g/mol. The third-order valence-electron chi connectivity index (χ3n) is 2.74. The summed E-state index contributed by atoms with van der Waals surface area (Å²) in [6, 6.07) is 0. The zero-order valence-corrected chi connectivity index (χ0v) is 11.6. The first-order chi connectivity index (χ1) is 7.97. The number of halogens is 1. The number of hydrogen-bond acceptors (Lipinski definition) is 2. The van der Waals surface area contributed by atoms with Gasteiger partial charge in [0.25, 0.3) is 0 Å². The van der Waals surface area contributed by atoms with Gasteiger partial charge in [-0.15, -0.1) is 0 Å². The molecular formula is C12H20ClN3O. The lowest BCUT2D eigenvalue weighted by atomic mass is 10.1. The van der Waals surface area contributed by atoms with E-state index in [-0.39, 0.29) is 11.8 Å². The maximum absolute atomic E-state index is 11.7. The SMILES string of the molecule is CCCNC(=O)C(C)Cn1nc(C)c(Cl)c1C. The van der Waals surface area contributed by atoms with Gasteiger partial charge in [-0.25, -0.2) is 0 Å². The molecule has 4 nitrogen and oxygen atoms in total. The molecule has 17 heavy (non-hydrogen) atoms. The Labute approximate surface area is 107 Å². The molecule has 0 aliphatic rings. The smallest absolute Gasteiger partial charge is 0.224 e. The molecule has 1 amide bonds. The third kappa shape index (κ3) is 3.46. The van der Waals surface area contributed by atoms with Gasteiger partial charge in [-0.1, -0.05) is 25.4 Å². The fourth-order valence-electron chi connectivity index (χ4n) is 1.62. The van der Waals surface area contributed by atoms with E-state index < -0.39 is 0 Å². The number of aryl methyl sites for hydroxylation is 1. The van der Waals surface area contributed by atoms with Crippen molar-refractivity contribution in [1.82, 2.24) is 15.1 Å². The number of carbonyl (C=O) groups excluding carboxylic acids is 1. The Balaban J connectivity index is 2.64. The second-order valence-electron chi connectivity index (χ2n) is 4.36. The zero-order valence-electron chi connectivity index (χ0n) is 10.9. The summed E-state index contributed by atoms with van der Waals surface area (Å²) >= 11 is 6.06. The Morgan fingerprint density at radius 3 is 2.65 bits per heavy atom. The Hall–Kier alpha value is -1.03. The van der Waals surface area contributed by atoms with Gasteiger partial charge < -0.3 is 5.32 Å². The fraction of sp³-hybridized carbons (Fsp3) is 0.667. The lowest BCUT2D eigenvalue weighted by Gasteiger charge is -2.12.